The molecule has 0 atom stereocenters. The lowest BCUT2D eigenvalue weighted by Gasteiger charge is -2.04. The van der Waals surface area contributed by atoms with Gasteiger partial charge in [0, 0.05) is 4.88 Å². The molecule has 0 fully saturated rings. The Bertz CT molecular complexity index is 1280. The van der Waals surface area contributed by atoms with E-state index in [-0.39, 0.29) is 5.56 Å². The first kappa shape index (κ1) is 16.2. The minimum absolute atomic E-state index is 0.203. The van der Waals surface area contributed by atoms with E-state index in [2.05, 4.69) is 16.0 Å². The summed E-state index contributed by atoms with van der Waals surface area (Å²) < 4.78 is 0. The van der Waals surface area contributed by atoms with E-state index >= 15 is 0 Å². The molecule has 0 unspecified atom stereocenters. The van der Waals surface area contributed by atoms with Crippen LogP contribution in [0.1, 0.15) is 21.8 Å². The van der Waals surface area contributed by atoms with Crippen LogP contribution in [0.15, 0.2) is 47.3 Å². The molecule has 26 heavy (non-hydrogen) atoms. The predicted molar refractivity (Wildman–Crippen MR) is 107 cm³/mol. The largest absolute Gasteiger partial charge is 0.305 e. The Kier molecular flexibility index (Phi) is 3.90. The average Bonchev–Trinajstić information content (AvgIpc) is 2.94. The monoisotopic (exact) mass is 357 g/mol. The number of aromatic amines is 1. The smallest absolute Gasteiger partial charge is 0.260 e. The van der Waals surface area contributed by atoms with Crippen molar-refractivity contribution >= 4 is 44.0 Å². The summed E-state index contributed by atoms with van der Waals surface area (Å²) in [6.07, 6.45) is 1.78. The highest BCUT2D eigenvalue weighted by Crippen LogP contribution is 2.27. The quantitative estimate of drug-likeness (QED) is 0.523. The maximum Gasteiger partial charge on any atom is 0.260 e. The van der Waals surface area contributed by atoms with Crippen LogP contribution in [0.5, 0.6) is 0 Å². The molecule has 2 aromatic carbocycles. The van der Waals surface area contributed by atoms with Crippen molar-refractivity contribution in [1.82, 2.24) is 9.97 Å². The molecule has 0 aliphatic heterocycles. The molecule has 0 radical (unpaired) electrons. The van der Waals surface area contributed by atoms with Gasteiger partial charge in [-0.05, 0) is 41.8 Å². The minimum Gasteiger partial charge on any atom is -0.305 e. The summed E-state index contributed by atoms with van der Waals surface area (Å²) in [5.41, 5.74) is 2.00. The molecule has 1 N–H and O–H groups in total. The van der Waals surface area contributed by atoms with Crippen molar-refractivity contribution in [2.24, 2.45) is 0 Å². The maximum atomic E-state index is 12.5. The number of hydrogen-bond donors (Lipinski definition) is 1. The van der Waals surface area contributed by atoms with E-state index in [0.29, 0.717) is 21.6 Å². The fourth-order valence-electron chi connectivity index (χ4n) is 3.07. The molecule has 126 valence electrons. The molecule has 2 heterocycles. The SMILES string of the molecule is Cc1sc2nc(/C(C#N)=C/c3cccc4ccccc34)[nH]c(=O)c2c1C. The van der Waals surface area contributed by atoms with Crippen LogP contribution in [0.25, 0.3) is 32.6 Å². The van der Waals surface area contributed by atoms with Gasteiger partial charge in [0.05, 0.1) is 11.0 Å². The number of hydrogen-bond acceptors (Lipinski definition) is 4. The molecule has 0 bridgehead atoms. The van der Waals surface area contributed by atoms with E-state index in [0.717, 1.165) is 26.8 Å². The topological polar surface area (TPSA) is 69.5 Å². The fourth-order valence-corrected chi connectivity index (χ4v) is 4.10. The van der Waals surface area contributed by atoms with Crippen molar-refractivity contribution in [1.29, 1.82) is 5.26 Å². The second-order valence-corrected chi connectivity index (χ2v) is 7.32. The third-order valence-electron chi connectivity index (χ3n) is 4.54. The van der Waals surface area contributed by atoms with Gasteiger partial charge in [0.1, 0.15) is 10.9 Å². The Hall–Kier alpha value is -3.23. The average molecular weight is 357 g/mol. The first-order valence-electron chi connectivity index (χ1n) is 8.18. The number of thiophene rings is 1. The molecule has 4 rings (SSSR count). The summed E-state index contributed by atoms with van der Waals surface area (Å²) in [6, 6.07) is 16.1. The summed E-state index contributed by atoms with van der Waals surface area (Å²) >= 11 is 1.48. The van der Waals surface area contributed by atoms with E-state index in [4.69, 9.17) is 0 Å². The number of allylic oxidation sites excluding steroid dienone is 1. The lowest BCUT2D eigenvalue weighted by molar-refractivity contribution is 1.13. The molecular weight excluding hydrogens is 342 g/mol. The van der Waals surface area contributed by atoms with Gasteiger partial charge in [0.15, 0.2) is 5.82 Å². The van der Waals surface area contributed by atoms with Gasteiger partial charge < -0.3 is 4.98 Å². The second-order valence-electron chi connectivity index (χ2n) is 6.12. The molecule has 0 amide bonds. The number of nitrogens with zero attached hydrogens (tertiary/aromatic N) is 2. The zero-order chi connectivity index (χ0) is 18.3. The number of nitrogens with one attached hydrogen (secondary N) is 1. The number of nitriles is 1. The Morgan fingerprint density at radius 1 is 1.19 bits per heavy atom. The van der Waals surface area contributed by atoms with Crippen LogP contribution in [0, 0.1) is 25.2 Å². The van der Waals surface area contributed by atoms with Crippen molar-refractivity contribution in [2.75, 3.05) is 0 Å². The Morgan fingerprint density at radius 3 is 2.77 bits per heavy atom. The van der Waals surface area contributed by atoms with Gasteiger partial charge in [0.2, 0.25) is 0 Å². The zero-order valence-electron chi connectivity index (χ0n) is 14.3. The van der Waals surface area contributed by atoms with Crippen molar-refractivity contribution in [3.8, 4) is 6.07 Å². The lowest BCUT2D eigenvalue weighted by Crippen LogP contribution is -2.10. The van der Waals surface area contributed by atoms with Crippen LogP contribution in [-0.2, 0) is 0 Å². The molecule has 0 spiro atoms. The molecule has 5 heteroatoms. The summed E-state index contributed by atoms with van der Waals surface area (Å²) in [6.45, 7) is 3.89. The number of aryl methyl sites for hydroxylation is 2. The third-order valence-corrected chi connectivity index (χ3v) is 5.64. The van der Waals surface area contributed by atoms with Crippen molar-refractivity contribution in [3.63, 3.8) is 0 Å². The van der Waals surface area contributed by atoms with Crippen molar-refractivity contribution in [3.05, 3.63) is 74.6 Å². The second kappa shape index (κ2) is 6.25. The van der Waals surface area contributed by atoms with Gasteiger partial charge in [-0.2, -0.15) is 5.26 Å². The Labute approximate surface area is 154 Å². The van der Waals surface area contributed by atoms with Crippen LogP contribution in [0.3, 0.4) is 0 Å². The van der Waals surface area contributed by atoms with Gasteiger partial charge in [-0.3, -0.25) is 4.79 Å². The molecule has 0 saturated heterocycles. The zero-order valence-corrected chi connectivity index (χ0v) is 15.1. The summed E-state index contributed by atoms with van der Waals surface area (Å²) in [4.78, 5) is 21.5. The van der Waals surface area contributed by atoms with Gasteiger partial charge in [0.25, 0.3) is 5.56 Å². The molecule has 0 saturated carbocycles. The molecule has 4 aromatic rings. The van der Waals surface area contributed by atoms with Gasteiger partial charge in [-0.25, -0.2) is 4.98 Å². The van der Waals surface area contributed by atoms with Gasteiger partial charge >= 0.3 is 0 Å². The van der Waals surface area contributed by atoms with Gasteiger partial charge in [-0.1, -0.05) is 42.5 Å². The first-order chi connectivity index (χ1) is 12.6. The van der Waals surface area contributed by atoms with Crippen LogP contribution < -0.4 is 5.56 Å². The number of fused-ring (bicyclic) bond motifs is 2. The van der Waals surface area contributed by atoms with Crippen molar-refractivity contribution in [2.45, 2.75) is 13.8 Å². The highest BCUT2D eigenvalue weighted by atomic mass is 32.1. The Balaban J connectivity index is 1.93. The van der Waals surface area contributed by atoms with Crippen LogP contribution >= 0.6 is 11.3 Å². The molecular formula is C21H15N3OS. The first-order valence-corrected chi connectivity index (χ1v) is 9.00. The van der Waals surface area contributed by atoms with Crippen LogP contribution in [-0.4, -0.2) is 9.97 Å². The number of benzene rings is 2. The molecule has 0 aliphatic carbocycles. The highest BCUT2D eigenvalue weighted by molar-refractivity contribution is 7.18. The van der Waals surface area contributed by atoms with Crippen molar-refractivity contribution < 1.29 is 0 Å². The van der Waals surface area contributed by atoms with Crippen LogP contribution in [0.4, 0.5) is 0 Å². The van der Waals surface area contributed by atoms with Crippen LogP contribution in [0.2, 0.25) is 0 Å². The Morgan fingerprint density at radius 2 is 1.96 bits per heavy atom. The minimum atomic E-state index is -0.203. The van der Waals surface area contributed by atoms with E-state index in [1.54, 1.807) is 6.08 Å². The van der Waals surface area contributed by atoms with E-state index in [1.165, 1.54) is 11.3 Å². The summed E-state index contributed by atoms with van der Waals surface area (Å²) in [7, 11) is 0. The molecule has 2 aromatic heterocycles. The maximum absolute atomic E-state index is 12.5. The van der Waals surface area contributed by atoms with E-state index in [1.807, 2.05) is 56.3 Å². The highest BCUT2D eigenvalue weighted by Gasteiger charge is 2.14. The predicted octanol–water partition coefficient (Wildman–Crippen LogP) is 4.82. The molecule has 4 nitrogen and oxygen atoms in total. The number of aromatic nitrogens is 2. The van der Waals surface area contributed by atoms with Gasteiger partial charge in [-0.15, -0.1) is 11.3 Å². The van der Waals surface area contributed by atoms with E-state index < -0.39 is 0 Å². The third kappa shape index (κ3) is 2.61. The fraction of sp³-hybridized carbons (Fsp3) is 0.0952. The number of rotatable bonds is 2. The summed E-state index contributed by atoms with van der Waals surface area (Å²) in [5, 5.41) is 12.4. The number of H-pyrrole nitrogens is 1. The standard InChI is InChI=1S/C21H15N3OS/c1-12-13(2)26-21-18(12)20(25)23-19(24-21)16(11-22)10-15-8-5-7-14-6-3-4-9-17(14)15/h3-10H,1-2H3,(H,23,24,25)/b16-10+. The lowest BCUT2D eigenvalue weighted by atomic mass is 10.0. The normalized spacial score (nSPS) is 11.8. The van der Waals surface area contributed by atoms with E-state index in [9.17, 15) is 10.1 Å². The molecule has 0 aliphatic rings. The summed E-state index contributed by atoms with van der Waals surface area (Å²) in [5.74, 6) is 0.305.